The molecule has 0 aliphatic carbocycles. The van der Waals surface area contributed by atoms with Crippen LogP contribution in [0.25, 0.3) is 0 Å². The molecule has 86 valence electrons. The van der Waals surface area contributed by atoms with Gasteiger partial charge in [-0.05, 0) is 19.6 Å². The Labute approximate surface area is 96.8 Å². The van der Waals surface area contributed by atoms with Crippen molar-refractivity contribution in [2.75, 3.05) is 19.1 Å². The topological polar surface area (TPSA) is 44.1 Å². The molecule has 0 rings (SSSR count). The second kappa shape index (κ2) is 7.58. The van der Waals surface area contributed by atoms with E-state index in [4.69, 9.17) is 5.26 Å². The summed E-state index contributed by atoms with van der Waals surface area (Å²) in [7, 11) is 1.78. The Hall–Kier alpha value is -0.690. The van der Waals surface area contributed by atoms with Crippen molar-refractivity contribution in [2.24, 2.45) is 5.92 Å². The smallest absolute Gasteiger partial charge is 0.239 e. The van der Waals surface area contributed by atoms with Crippen molar-refractivity contribution in [2.45, 2.75) is 32.7 Å². The van der Waals surface area contributed by atoms with Gasteiger partial charge < -0.3 is 4.90 Å². The number of carbonyl (C=O) groups excluding carboxylic acids is 1. The Morgan fingerprint density at radius 3 is 2.60 bits per heavy atom. The van der Waals surface area contributed by atoms with Gasteiger partial charge in [0.05, 0.1) is 6.07 Å². The molecule has 0 N–H and O–H groups in total. The molecule has 0 spiro atoms. The summed E-state index contributed by atoms with van der Waals surface area (Å²) in [4.78, 5) is 13.6. The zero-order valence-corrected chi connectivity index (χ0v) is 10.8. The van der Waals surface area contributed by atoms with Crippen LogP contribution in [-0.4, -0.2) is 35.9 Å². The molecule has 3 nitrogen and oxygen atoms in total. The first-order valence-corrected chi connectivity index (χ1v) is 6.63. The third-order valence-corrected chi connectivity index (χ3v) is 3.26. The monoisotopic (exact) mass is 228 g/mol. The molecular weight excluding hydrogens is 208 g/mol. The predicted octanol–water partition coefficient (Wildman–Crippen LogP) is 2.14. The van der Waals surface area contributed by atoms with Crippen molar-refractivity contribution in [3.63, 3.8) is 0 Å². The molecule has 0 aromatic heterocycles. The molecule has 2 unspecified atom stereocenters. The summed E-state index contributed by atoms with van der Waals surface area (Å²) in [6, 6.07) is 2.28. The molecule has 0 heterocycles. The van der Waals surface area contributed by atoms with Crippen LogP contribution >= 0.6 is 11.8 Å². The molecule has 0 fully saturated rings. The van der Waals surface area contributed by atoms with E-state index in [1.54, 1.807) is 23.7 Å². The van der Waals surface area contributed by atoms with Gasteiger partial charge in [0, 0.05) is 18.8 Å². The van der Waals surface area contributed by atoms with Crippen molar-refractivity contribution in [3.8, 4) is 6.07 Å². The first-order chi connectivity index (χ1) is 7.08. The molecule has 15 heavy (non-hydrogen) atoms. The van der Waals surface area contributed by atoms with Gasteiger partial charge in [-0.15, -0.1) is 0 Å². The molecule has 2 atom stereocenters. The zero-order chi connectivity index (χ0) is 11.8. The lowest BCUT2D eigenvalue weighted by Gasteiger charge is -2.26. The largest absolute Gasteiger partial charge is 0.341 e. The molecule has 0 radical (unpaired) electrons. The lowest BCUT2D eigenvalue weighted by atomic mass is 10.0. The summed E-state index contributed by atoms with van der Waals surface area (Å²) in [5.41, 5.74) is 0. The minimum atomic E-state index is -0.468. The van der Waals surface area contributed by atoms with Gasteiger partial charge in [-0.3, -0.25) is 4.79 Å². The normalized spacial score (nSPS) is 14.1. The molecule has 0 aromatic carbocycles. The Kier molecular flexibility index (Phi) is 7.23. The van der Waals surface area contributed by atoms with Gasteiger partial charge in [0.1, 0.15) is 5.92 Å². The molecule has 0 saturated heterocycles. The first-order valence-electron chi connectivity index (χ1n) is 5.23. The fourth-order valence-corrected chi connectivity index (χ4v) is 2.05. The Morgan fingerprint density at radius 1 is 1.60 bits per heavy atom. The molecular formula is C11H20N2OS. The highest BCUT2D eigenvalue weighted by atomic mass is 32.2. The van der Waals surface area contributed by atoms with Gasteiger partial charge >= 0.3 is 0 Å². The zero-order valence-electron chi connectivity index (χ0n) is 9.99. The summed E-state index contributed by atoms with van der Waals surface area (Å²) < 4.78 is 0. The number of nitriles is 1. The number of rotatable bonds is 6. The predicted molar refractivity (Wildman–Crippen MR) is 64.6 cm³/mol. The van der Waals surface area contributed by atoms with E-state index in [0.29, 0.717) is 6.42 Å². The third kappa shape index (κ3) is 4.57. The SMILES string of the molecule is CCCC(C#N)C(=O)N(C)C(C)CSC. The number of nitrogens with zero attached hydrogens (tertiary/aromatic N) is 2. The highest BCUT2D eigenvalue weighted by Crippen LogP contribution is 2.12. The van der Waals surface area contributed by atoms with Crippen molar-refractivity contribution in [3.05, 3.63) is 0 Å². The van der Waals surface area contributed by atoms with E-state index in [-0.39, 0.29) is 11.9 Å². The minimum absolute atomic E-state index is 0.0408. The van der Waals surface area contributed by atoms with E-state index in [9.17, 15) is 4.79 Å². The second-order valence-corrected chi connectivity index (χ2v) is 4.63. The van der Waals surface area contributed by atoms with Crippen molar-refractivity contribution in [1.82, 2.24) is 4.90 Å². The Morgan fingerprint density at radius 2 is 2.20 bits per heavy atom. The molecule has 4 heteroatoms. The van der Waals surface area contributed by atoms with E-state index in [1.165, 1.54) is 0 Å². The van der Waals surface area contributed by atoms with Crippen LogP contribution in [0.3, 0.4) is 0 Å². The lowest BCUT2D eigenvalue weighted by Crippen LogP contribution is -2.40. The van der Waals surface area contributed by atoms with E-state index < -0.39 is 5.92 Å². The maximum Gasteiger partial charge on any atom is 0.239 e. The number of amides is 1. The number of thioether (sulfide) groups is 1. The fraction of sp³-hybridized carbons (Fsp3) is 0.818. The number of hydrogen-bond donors (Lipinski definition) is 0. The van der Waals surface area contributed by atoms with Crippen LogP contribution in [0.1, 0.15) is 26.7 Å². The second-order valence-electron chi connectivity index (χ2n) is 3.72. The first kappa shape index (κ1) is 14.3. The lowest BCUT2D eigenvalue weighted by molar-refractivity contribution is -0.134. The summed E-state index contributed by atoms with van der Waals surface area (Å²) in [6.45, 7) is 4.00. The Bertz CT molecular complexity index is 237. The van der Waals surface area contributed by atoms with Crippen LogP contribution in [0.2, 0.25) is 0 Å². The van der Waals surface area contributed by atoms with Crippen LogP contribution < -0.4 is 0 Å². The van der Waals surface area contributed by atoms with Gasteiger partial charge in [0.2, 0.25) is 5.91 Å². The van der Waals surface area contributed by atoms with Gasteiger partial charge in [-0.25, -0.2) is 0 Å². The minimum Gasteiger partial charge on any atom is -0.341 e. The molecule has 1 amide bonds. The van der Waals surface area contributed by atoms with Crippen molar-refractivity contribution in [1.29, 1.82) is 5.26 Å². The molecule has 0 saturated carbocycles. The van der Waals surface area contributed by atoms with Crippen LogP contribution in [0.5, 0.6) is 0 Å². The average Bonchev–Trinajstić information content (AvgIpc) is 2.24. The van der Waals surface area contributed by atoms with Crippen LogP contribution in [0.15, 0.2) is 0 Å². The molecule has 0 aliphatic rings. The van der Waals surface area contributed by atoms with Crippen molar-refractivity contribution >= 4 is 17.7 Å². The van der Waals surface area contributed by atoms with Crippen LogP contribution in [-0.2, 0) is 4.79 Å². The molecule has 0 aliphatic heterocycles. The van der Waals surface area contributed by atoms with Gasteiger partial charge in [0.25, 0.3) is 0 Å². The summed E-state index contributed by atoms with van der Waals surface area (Å²) in [5.74, 6) is 0.400. The van der Waals surface area contributed by atoms with E-state index in [2.05, 4.69) is 6.07 Å². The van der Waals surface area contributed by atoms with E-state index >= 15 is 0 Å². The highest BCUT2D eigenvalue weighted by Gasteiger charge is 2.23. The maximum atomic E-state index is 11.9. The molecule has 0 aromatic rings. The van der Waals surface area contributed by atoms with Gasteiger partial charge in [-0.2, -0.15) is 17.0 Å². The highest BCUT2D eigenvalue weighted by molar-refractivity contribution is 7.98. The summed E-state index contributed by atoms with van der Waals surface area (Å²) in [6.07, 6.45) is 3.54. The van der Waals surface area contributed by atoms with E-state index in [0.717, 1.165) is 12.2 Å². The average molecular weight is 228 g/mol. The fourth-order valence-electron chi connectivity index (χ4n) is 1.35. The third-order valence-electron chi connectivity index (χ3n) is 2.45. The standard InChI is InChI=1S/C11H20N2OS/c1-5-6-10(7-12)11(14)13(3)9(2)8-15-4/h9-10H,5-6,8H2,1-4H3. The summed E-state index contributed by atoms with van der Waals surface area (Å²) >= 11 is 1.71. The van der Waals surface area contributed by atoms with Gasteiger partial charge in [0.15, 0.2) is 0 Å². The maximum absolute atomic E-state index is 11.9. The van der Waals surface area contributed by atoms with E-state index in [1.807, 2.05) is 20.1 Å². The van der Waals surface area contributed by atoms with Crippen LogP contribution in [0.4, 0.5) is 0 Å². The van der Waals surface area contributed by atoms with Gasteiger partial charge in [-0.1, -0.05) is 13.3 Å². The number of carbonyl (C=O) groups is 1. The quantitative estimate of drug-likeness (QED) is 0.699. The number of hydrogen-bond acceptors (Lipinski definition) is 3. The Balaban J connectivity index is 4.34. The summed E-state index contributed by atoms with van der Waals surface area (Å²) in [5, 5.41) is 8.89. The van der Waals surface area contributed by atoms with Crippen molar-refractivity contribution < 1.29 is 4.79 Å². The van der Waals surface area contributed by atoms with Crippen LogP contribution in [0, 0.1) is 17.2 Å². The molecule has 0 bridgehead atoms.